The smallest absolute Gasteiger partial charge is 0.332 e. The van der Waals surface area contributed by atoms with Crippen molar-refractivity contribution in [1.82, 2.24) is 19.3 Å². The molecule has 1 aromatic carbocycles. The molecule has 4 nitrogen and oxygen atoms in total. The highest BCUT2D eigenvalue weighted by atomic mass is 15.3. The minimum absolute atomic E-state index is 0.492. The normalized spacial score (nSPS) is 19.1. The Bertz CT molecular complexity index is 1340. The standard InChI is InChI=1S/C31H33BN4/c1-36(2)27-18-7-6-16-25(27)30(24-14-4-3-5-15-24)31(26-17-8-11-21-33-26)32(36,28-19-9-12-22-34-28)29-20-10-13-23-35-29/h6-13,16-24H,3-5,14-15H2,1-2H3. The van der Waals surface area contributed by atoms with Gasteiger partial charge >= 0.3 is 6.28 Å². The molecule has 0 radical (unpaired) electrons. The molecule has 0 unspecified atom stereocenters. The van der Waals surface area contributed by atoms with E-state index in [4.69, 9.17) is 15.0 Å². The number of nitrogens with zero attached hydrogens (tertiary/aromatic N) is 4. The summed E-state index contributed by atoms with van der Waals surface area (Å²) >= 11 is 0. The average Bonchev–Trinajstić information content (AvgIpc) is 2.95. The second-order valence-electron chi connectivity index (χ2n) is 10.8. The number of allylic oxidation sites excluding steroid dienone is 1. The van der Waals surface area contributed by atoms with Crippen LogP contribution in [0.25, 0.3) is 11.0 Å². The van der Waals surface area contributed by atoms with Crippen LogP contribution in [0.3, 0.4) is 0 Å². The van der Waals surface area contributed by atoms with Crippen molar-refractivity contribution in [3.8, 4) is 0 Å². The summed E-state index contributed by atoms with van der Waals surface area (Å²) in [6.07, 6.45) is 10.4. The molecule has 2 aliphatic rings. The Hall–Kier alpha value is -3.57. The third-order valence-corrected chi connectivity index (χ3v) is 8.68. The second kappa shape index (κ2) is 9.14. The summed E-state index contributed by atoms with van der Waals surface area (Å²) in [7, 11) is 4.67. The Morgan fingerprint density at radius 3 is 1.83 bits per heavy atom. The number of quaternary nitrogens is 1. The Labute approximate surface area is 214 Å². The van der Waals surface area contributed by atoms with Gasteiger partial charge in [0.15, 0.2) is 0 Å². The number of aromatic nitrogens is 3. The van der Waals surface area contributed by atoms with Gasteiger partial charge in [0.05, 0.1) is 5.69 Å². The van der Waals surface area contributed by atoms with Crippen LogP contribution >= 0.6 is 0 Å². The first-order valence-corrected chi connectivity index (χ1v) is 13.2. The molecule has 4 heterocycles. The van der Waals surface area contributed by atoms with Gasteiger partial charge in [-0.1, -0.05) is 67.3 Å². The first kappa shape index (κ1) is 22.9. The third kappa shape index (κ3) is 3.37. The predicted molar refractivity (Wildman–Crippen MR) is 151 cm³/mol. The number of hydrogen-bond acceptors (Lipinski definition) is 3. The summed E-state index contributed by atoms with van der Waals surface area (Å²) in [6.45, 7) is 0. The molecular weight excluding hydrogens is 439 g/mol. The van der Waals surface area contributed by atoms with Crippen molar-refractivity contribution in [3.05, 3.63) is 109 Å². The van der Waals surface area contributed by atoms with Gasteiger partial charge in [-0.2, -0.15) is 0 Å². The molecule has 0 atom stereocenters. The average molecular weight is 472 g/mol. The molecule has 1 fully saturated rings. The van der Waals surface area contributed by atoms with Gasteiger partial charge in [-0.3, -0.25) is 15.0 Å². The summed E-state index contributed by atoms with van der Waals surface area (Å²) in [5.41, 5.74) is 8.61. The highest BCUT2D eigenvalue weighted by Crippen LogP contribution is 2.52. The highest BCUT2D eigenvalue weighted by molar-refractivity contribution is 7.15. The van der Waals surface area contributed by atoms with Crippen LogP contribution in [0, 0.1) is 5.92 Å². The number of fused-ring (bicyclic) bond motifs is 1. The van der Waals surface area contributed by atoms with E-state index in [1.807, 2.05) is 36.8 Å². The molecule has 6 rings (SSSR count). The molecule has 0 amide bonds. The van der Waals surface area contributed by atoms with Crippen LogP contribution < -0.4 is 15.6 Å². The van der Waals surface area contributed by atoms with Crippen molar-refractivity contribution in [2.75, 3.05) is 14.1 Å². The van der Waals surface area contributed by atoms with E-state index in [0.717, 1.165) is 16.9 Å². The maximum Gasteiger partial charge on any atom is 0.332 e. The van der Waals surface area contributed by atoms with Crippen LogP contribution in [0.15, 0.2) is 97.5 Å². The zero-order chi connectivity index (χ0) is 24.6. The fourth-order valence-corrected chi connectivity index (χ4v) is 7.17. The quantitative estimate of drug-likeness (QED) is 0.381. The Balaban J connectivity index is 1.84. The number of hydrogen-bond donors (Lipinski definition) is 0. The van der Waals surface area contributed by atoms with Crippen LogP contribution in [-0.2, 0) is 0 Å². The van der Waals surface area contributed by atoms with Gasteiger partial charge in [0.2, 0.25) is 0 Å². The largest absolute Gasteiger partial charge is 0.472 e. The zero-order valence-electron chi connectivity index (χ0n) is 21.2. The third-order valence-electron chi connectivity index (χ3n) is 8.68. The SMILES string of the molecule is C[N+]1(C)c2ccccc2C(C2CCCCC2)=C(c2ccccn2)[B-]1(c1ccccn1)c1ccccn1. The van der Waals surface area contributed by atoms with Gasteiger partial charge in [-0.05, 0) is 66.3 Å². The van der Waals surface area contributed by atoms with Gasteiger partial charge < -0.3 is 4.39 Å². The van der Waals surface area contributed by atoms with Gasteiger partial charge in [-0.25, -0.2) is 0 Å². The minimum atomic E-state index is -1.67. The summed E-state index contributed by atoms with van der Waals surface area (Å²) in [4.78, 5) is 15.2. The minimum Gasteiger partial charge on any atom is -0.472 e. The summed E-state index contributed by atoms with van der Waals surface area (Å²) in [5, 5.41) is 0. The summed E-state index contributed by atoms with van der Waals surface area (Å²) in [5.74, 6) is 0.492. The fraction of sp³-hybridized carbons (Fsp3) is 0.258. The van der Waals surface area contributed by atoms with Crippen LogP contribution in [0.4, 0.5) is 5.69 Å². The van der Waals surface area contributed by atoms with E-state index in [9.17, 15) is 0 Å². The van der Waals surface area contributed by atoms with Crippen molar-refractivity contribution in [2.24, 2.45) is 5.92 Å². The lowest BCUT2D eigenvalue weighted by molar-refractivity contribution is 0.429. The molecule has 0 saturated heterocycles. The monoisotopic (exact) mass is 472 g/mol. The molecule has 1 aliphatic carbocycles. The molecule has 4 aromatic rings. The van der Waals surface area contributed by atoms with E-state index in [-0.39, 0.29) is 0 Å². The van der Waals surface area contributed by atoms with Crippen LogP contribution in [0.5, 0.6) is 0 Å². The van der Waals surface area contributed by atoms with Gasteiger partial charge in [0.1, 0.15) is 0 Å². The maximum atomic E-state index is 5.09. The van der Waals surface area contributed by atoms with E-state index in [2.05, 4.69) is 74.8 Å². The Kier molecular flexibility index (Phi) is 5.81. The van der Waals surface area contributed by atoms with Crippen LogP contribution in [0.2, 0.25) is 0 Å². The van der Waals surface area contributed by atoms with Crippen molar-refractivity contribution >= 4 is 34.2 Å². The fourth-order valence-electron chi connectivity index (χ4n) is 7.17. The molecule has 1 saturated carbocycles. The number of rotatable bonds is 4. The van der Waals surface area contributed by atoms with Gasteiger partial charge in [0.25, 0.3) is 0 Å². The highest BCUT2D eigenvalue weighted by Gasteiger charge is 2.56. The number of pyridine rings is 3. The Morgan fingerprint density at radius 2 is 1.25 bits per heavy atom. The van der Waals surface area contributed by atoms with Crippen molar-refractivity contribution < 1.29 is 0 Å². The molecule has 1 aliphatic heterocycles. The molecule has 0 spiro atoms. The van der Waals surface area contributed by atoms with Crippen LogP contribution in [0.1, 0.15) is 43.4 Å². The lowest BCUT2D eigenvalue weighted by atomic mass is 9.21. The Morgan fingerprint density at radius 1 is 0.667 bits per heavy atom. The van der Waals surface area contributed by atoms with E-state index in [0.29, 0.717) is 10.3 Å². The van der Waals surface area contributed by atoms with E-state index in [1.165, 1.54) is 54.4 Å². The van der Waals surface area contributed by atoms with E-state index in [1.54, 1.807) is 0 Å². The maximum absolute atomic E-state index is 5.09. The van der Waals surface area contributed by atoms with E-state index < -0.39 is 6.28 Å². The first-order valence-electron chi connectivity index (χ1n) is 13.2. The lowest BCUT2D eigenvalue weighted by Gasteiger charge is -2.60. The summed E-state index contributed by atoms with van der Waals surface area (Å²) < 4.78 is 0.631. The molecule has 5 heteroatoms. The van der Waals surface area contributed by atoms with E-state index >= 15 is 0 Å². The molecular formula is C31H33BN4. The molecule has 3 aromatic heterocycles. The molecule has 0 bridgehead atoms. The van der Waals surface area contributed by atoms with Gasteiger partial charge in [0, 0.05) is 43.9 Å². The van der Waals surface area contributed by atoms with Crippen molar-refractivity contribution in [1.29, 1.82) is 0 Å². The van der Waals surface area contributed by atoms with Crippen LogP contribution in [-0.4, -0.2) is 35.3 Å². The van der Waals surface area contributed by atoms with Crippen molar-refractivity contribution in [3.63, 3.8) is 0 Å². The number of para-hydroxylation sites is 1. The second-order valence-corrected chi connectivity index (χ2v) is 10.8. The topological polar surface area (TPSA) is 38.7 Å². The zero-order valence-corrected chi connectivity index (χ0v) is 21.2. The van der Waals surface area contributed by atoms with Gasteiger partial charge in [-0.15, -0.1) is 5.47 Å². The first-order chi connectivity index (χ1) is 17.7. The number of benzene rings is 1. The lowest BCUT2D eigenvalue weighted by Crippen LogP contribution is -2.81. The molecule has 0 N–H and O–H groups in total. The molecule has 180 valence electrons. The summed E-state index contributed by atoms with van der Waals surface area (Å²) in [6, 6.07) is 28.0. The predicted octanol–water partition coefficient (Wildman–Crippen LogP) is 5.24. The molecule has 36 heavy (non-hydrogen) atoms. The van der Waals surface area contributed by atoms with Crippen molar-refractivity contribution in [2.45, 2.75) is 32.1 Å².